The Hall–Kier alpha value is -5.87. The van der Waals surface area contributed by atoms with Crippen molar-refractivity contribution in [3.05, 3.63) is 158 Å². The predicted octanol–water partition coefficient (Wildman–Crippen LogP) is 9.64. The minimum absolute atomic E-state index is 0.496. The van der Waals surface area contributed by atoms with E-state index in [0.29, 0.717) is 23.5 Å². The van der Waals surface area contributed by atoms with E-state index in [2.05, 4.69) is 65.2 Å². The molecule has 0 aliphatic rings. The van der Waals surface area contributed by atoms with Crippen molar-refractivity contribution in [1.82, 2.24) is 19.5 Å². The second-order valence-corrected chi connectivity index (χ2v) is 10.4. The van der Waals surface area contributed by atoms with Crippen LogP contribution in [0.2, 0.25) is 0 Å². The molecule has 0 atom stereocenters. The fourth-order valence-corrected chi connectivity index (χ4v) is 5.74. The van der Waals surface area contributed by atoms with E-state index in [4.69, 9.17) is 16.3 Å². The van der Waals surface area contributed by atoms with E-state index in [9.17, 15) is 0 Å². The Kier molecular flexibility index (Phi) is 5.82. The molecule has 6 aromatic carbocycles. The summed E-state index contributed by atoms with van der Waals surface area (Å²) < 4.78 is 11.1. The average Bonchev–Trinajstić information content (AvgIpc) is 3.44. The number of nitrogens with zero attached hydrogens (tertiary/aromatic N) is 4. The largest absolute Gasteiger partial charge is 0.308 e. The normalized spacial score (nSPS) is 11.6. The van der Waals surface area contributed by atoms with Gasteiger partial charge in [0.05, 0.1) is 18.1 Å². The van der Waals surface area contributed by atoms with Gasteiger partial charge in [-0.2, -0.15) is 0 Å². The van der Waals surface area contributed by atoms with Gasteiger partial charge in [0, 0.05) is 27.5 Å². The molecule has 0 amide bonds. The van der Waals surface area contributed by atoms with E-state index in [-0.39, 0.29) is 0 Å². The molecular weight excluding hydrogens is 524 g/mol. The monoisotopic (exact) mass is 551 g/mol. The number of hydrogen-bond acceptors (Lipinski definition) is 3. The molecule has 0 fully saturated rings. The lowest BCUT2D eigenvalue weighted by Gasteiger charge is -2.16. The van der Waals surface area contributed by atoms with Gasteiger partial charge in [-0.1, -0.05) is 133 Å². The zero-order chi connectivity index (χ0) is 29.5. The van der Waals surface area contributed by atoms with Crippen LogP contribution in [0.3, 0.4) is 0 Å². The minimum atomic E-state index is 0.496. The number of para-hydroxylation sites is 2. The summed E-state index contributed by atoms with van der Waals surface area (Å²) in [5.74, 6) is 1.81. The summed E-state index contributed by atoms with van der Waals surface area (Å²) in [7, 11) is 0. The van der Waals surface area contributed by atoms with E-state index in [1.165, 1.54) is 0 Å². The van der Waals surface area contributed by atoms with Crippen LogP contribution in [0.15, 0.2) is 158 Å². The molecule has 0 saturated carbocycles. The number of hydrogen-bond donors (Lipinski definition) is 0. The fourth-order valence-electron chi connectivity index (χ4n) is 5.74. The molecule has 2 heterocycles. The molecule has 4 heteroatoms. The first-order valence-corrected chi connectivity index (χ1v) is 14.3. The van der Waals surface area contributed by atoms with Crippen LogP contribution in [0.5, 0.6) is 0 Å². The lowest BCUT2D eigenvalue weighted by atomic mass is 10.0. The summed E-state index contributed by atoms with van der Waals surface area (Å²) in [5, 5.41) is 1.96. The zero-order valence-electron chi connectivity index (χ0n) is 24.2. The van der Waals surface area contributed by atoms with Crippen molar-refractivity contribution < 1.29 is 1.37 Å². The molecule has 0 spiro atoms. The summed E-state index contributed by atoms with van der Waals surface area (Å²) >= 11 is 0. The van der Waals surface area contributed by atoms with Gasteiger partial charge in [0.15, 0.2) is 17.5 Å². The van der Waals surface area contributed by atoms with Gasteiger partial charge < -0.3 is 4.57 Å². The molecule has 2 aromatic heterocycles. The van der Waals surface area contributed by atoms with Crippen LogP contribution in [0.4, 0.5) is 0 Å². The van der Waals surface area contributed by atoms with Crippen LogP contribution in [-0.4, -0.2) is 19.5 Å². The van der Waals surface area contributed by atoms with Crippen LogP contribution in [0.25, 0.3) is 72.8 Å². The SMILES string of the molecule is [2H]c1cccc2c1c1ccccc1n2-c1cc(-c2ccccc2)ccc1-c1nc(-c2ccccc2)nc(-c2ccccc2)n1. The van der Waals surface area contributed by atoms with Crippen molar-refractivity contribution in [2.24, 2.45) is 0 Å². The summed E-state index contributed by atoms with van der Waals surface area (Å²) in [6.45, 7) is 0. The summed E-state index contributed by atoms with van der Waals surface area (Å²) in [4.78, 5) is 15.1. The van der Waals surface area contributed by atoms with Crippen molar-refractivity contribution in [2.75, 3.05) is 0 Å². The van der Waals surface area contributed by atoms with Gasteiger partial charge in [-0.15, -0.1) is 0 Å². The fraction of sp³-hybridized carbons (Fsp3) is 0. The number of benzene rings is 6. The van der Waals surface area contributed by atoms with Gasteiger partial charge in [0.1, 0.15) is 0 Å². The third-order valence-electron chi connectivity index (χ3n) is 7.78. The Morgan fingerprint density at radius 2 is 0.930 bits per heavy atom. The van der Waals surface area contributed by atoms with Gasteiger partial charge in [-0.05, 0) is 35.4 Å². The molecule has 202 valence electrons. The van der Waals surface area contributed by atoms with Crippen molar-refractivity contribution >= 4 is 21.8 Å². The first-order valence-electron chi connectivity index (χ1n) is 14.8. The number of aromatic nitrogens is 4. The van der Waals surface area contributed by atoms with Gasteiger partial charge in [0.25, 0.3) is 0 Å². The maximum atomic E-state index is 8.82. The van der Waals surface area contributed by atoms with Gasteiger partial charge in [-0.25, -0.2) is 15.0 Å². The Bertz CT molecular complexity index is 2220. The smallest absolute Gasteiger partial charge is 0.166 e. The van der Waals surface area contributed by atoms with Gasteiger partial charge >= 0.3 is 0 Å². The summed E-state index contributed by atoms with van der Waals surface area (Å²) in [6.07, 6.45) is 0. The van der Waals surface area contributed by atoms with Crippen LogP contribution in [-0.2, 0) is 0 Å². The average molecular weight is 552 g/mol. The molecule has 0 bridgehead atoms. The lowest BCUT2D eigenvalue weighted by molar-refractivity contribution is 1.06. The van der Waals surface area contributed by atoms with Crippen LogP contribution >= 0.6 is 0 Å². The zero-order valence-corrected chi connectivity index (χ0v) is 23.2. The van der Waals surface area contributed by atoms with Crippen molar-refractivity contribution in [3.8, 4) is 51.0 Å². The first kappa shape index (κ1) is 23.8. The van der Waals surface area contributed by atoms with Gasteiger partial charge in [-0.3, -0.25) is 0 Å². The van der Waals surface area contributed by atoms with E-state index in [1.807, 2.05) is 91.0 Å². The summed E-state index contributed by atoms with van der Waals surface area (Å²) in [5.41, 5.74) is 7.84. The quantitative estimate of drug-likeness (QED) is 0.214. The molecule has 8 aromatic rings. The molecule has 0 N–H and O–H groups in total. The van der Waals surface area contributed by atoms with Gasteiger partial charge in [0.2, 0.25) is 0 Å². The highest BCUT2D eigenvalue weighted by Crippen LogP contribution is 2.38. The Labute approximate surface area is 251 Å². The van der Waals surface area contributed by atoms with E-state index < -0.39 is 0 Å². The summed E-state index contributed by atoms with van der Waals surface area (Å²) in [6, 6.07) is 51.6. The van der Waals surface area contributed by atoms with Crippen LogP contribution < -0.4 is 0 Å². The Morgan fingerprint density at radius 3 is 1.58 bits per heavy atom. The number of fused-ring (bicyclic) bond motifs is 3. The third-order valence-corrected chi connectivity index (χ3v) is 7.78. The highest BCUT2D eigenvalue weighted by molar-refractivity contribution is 6.09. The molecule has 0 radical (unpaired) electrons. The van der Waals surface area contributed by atoms with Crippen molar-refractivity contribution in [2.45, 2.75) is 0 Å². The topological polar surface area (TPSA) is 43.6 Å². The first-order chi connectivity index (χ1) is 21.7. The maximum Gasteiger partial charge on any atom is 0.166 e. The maximum absolute atomic E-state index is 8.82. The molecule has 8 rings (SSSR count). The molecule has 0 aliphatic carbocycles. The Balaban J connectivity index is 1.46. The third kappa shape index (κ3) is 4.46. The molecule has 4 nitrogen and oxygen atoms in total. The number of rotatable bonds is 5. The highest BCUT2D eigenvalue weighted by atomic mass is 15.1. The van der Waals surface area contributed by atoms with Crippen LogP contribution in [0.1, 0.15) is 1.37 Å². The molecule has 0 aliphatic heterocycles. The lowest BCUT2D eigenvalue weighted by Crippen LogP contribution is -2.04. The Morgan fingerprint density at radius 1 is 0.419 bits per heavy atom. The predicted molar refractivity (Wildman–Crippen MR) is 176 cm³/mol. The van der Waals surface area contributed by atoms with E-state index in [0.717, 1.165) is 55.3 Å². The molecule has 0 saturated heterocycles. The minimum Gasteiger partial charge on any atom is -0.308 e. The van der Waals surface area contributed by atoms with E-state index >= 15 is 0 Å². The second-order valence-electron chi connectivity index (χ2n) is 10.4. The standard InChI is InChI=1S/C39H26N4/c1-4-14-27(15-5-1)30-24-25-33(36(26-30)43-34-22-12-10-20-31(34)32-21-11-13-23-35(32)43)39-41-37(28-16-6-2-7-17-28)40-38(42-39)29-18-8-3-9-19-29/h1-26H/i20D. The second kappa shape index (κ2) is 10.5. The van der Waals surface area contributed by atoms with Crippen LogP contribution in [0, 0.1) is 0 Å². The molecule has 0 unspecified atom stereocenters. The highest BCUT2D eigenvalue weighted by Gasteiger charge is 2.20. The van der Waals surface area contributed by atoms with E-state index in [1.54, 1.807) is 0 Å². The van der Waals surface area contributed by atoms with Crippen molar-refractivity contribution in [3.63, 3.8) is 0 Å². The molecular formula is C39H26N4. The molecule has 43 heavy (non-hydrogen) atoms. The van der Waals surface area contributed by atoms with Crippen molar-refractivity contribution in [1.29, 1.82) is 0 Å².